The third kappa shape index (κ3) is 3.89. The van der Waals surface area contributed by atoms with Crippen molar-refractivity contribution in [3.63, 3.8) is 0 Å². The predicted octanol–water partition coefficient (Wildman–Crippen LogP) is 2.65. The summed E-state index contributed by atoms with van der Waals surface area (Å²) >= 11 is 1.61. The number of rotatable bonds is 3. The van der Waals surface area contributed by atoms with Crippen LogP contribution in [0.15, 0.2) is 35.7 Å². The van der Waals surface area contributed by atoms with Gasteiger partial charge in [0.2, 0.25) is 0 Å². The number of nitrogens with zero attached hydrogens (tertiary/aromatic N) is 3. The second-order valence-corrected chi connectivity index (χ2v) is 6.96. The van der Waals surface area contributed by atoms with Gasteiger partial charge >= 0.3 is 6.03 Å². The Labute approximate surface area is 140 Å². The zero-order valence-electron chi connectivity index (χ0n) is 13.5. The summed E-state index contributed by atoms with van der Waals surface area (Å²) in [5.74, 6) is 0. The smallest absolute Gasteiger partial charge is 0.318 e. The van der Waals surface area contributed by atoms with Gasteiger partial charge in [-0.05, 0) is 19.5 Å². The van der Waals surface area contributed by atoms with E-state index in [0.29, 0.717) is 6.54 Å². The Kier molecular flexibility index (Phi) is 4.93. The number of benzene rings is 1. The molecule has 2 heterocycles. The average Bonchev–Trinajstić information content (AvgIpc) is 2.99. The Hall–Kier alpha value is -1.92. The fraction of sp³-hybridized carbons (Fsp3) is 0.412. The molecule has 122 valence electrons. The molecular formula is C17H22N4OS. The summed E-state index contributed by atoms with van der Waals surface area (Å²) in [5, 5.41) is 6.03. The van der Waals surface area contributed by atoms with Crippen LogP contribution in [0.3, 0.4) is 0 Å². The van der Waals surface area contributed by atoms with Crippen LogP contribution in [0.5, 0.6) is 0 Å². The van der Waals surface area contributed by atoms with Gasteiger partial charge < -0.3 is 15.1 Å². The molecule has 1 aromatic heterocycles. The standard InChI is InChI=1S/C17H22N4OS/c1-13-19-15(12-23-13)10-18-17(22)21-9-8-20(2)11-16(21)14-6-4-3-5-7-14/h3-7,12,16H,8-11H2,1-2H3,(H,18,22)/t16-/m1/s1. The molecule has 1 fully saturated rings. The van der Waals surface area contributed by atoms with E-state index in [1.54, 1.807) is 11.3 Å². The van der Waals surface area contributed by atoms with Crippen molar-refractivity contribution in [2.24, 2.45) is 0 Å². The number of likely N-dealkylation sites (N-methyl/N-ethyl adjacent to an activating group) is 1. The van der Waals surface area contributed by atoms with E-state index in [2.05, 4.69) is 34.4 Å². The average molecular weight is 330 g/mol. The minimum absolute atomic E-state index is 0.0161. The van der Waals surface area contributed by atoms with E-state index in [1.165, 1.54) is 5.56 Å². The molecular weight excluding hydrogens is 308 g/mol. The van der Waals surface area contributed by atoms with Crippen molar-refractivity contribution in [2.45, 2.75) is 19.5 Å². The van der Waals surface area contributed by atoms with Gasteiger partial charge in [-0.1, -0.05) is 30.3 Å². The molecule has 1 N–H and O–H groups in total. The lowest BCUT2D eigenvalue weighted by atomic mass is 10.0. The third-order valence-corrected chi connectivity index (χ3v) is 4.94. The maximum Gasteiger partial charge on any atom is 0.318 e. The molecule has 1 saturated heterocycles. The molecule has 23 heavy (non-hydrogen) atoms. The zero-order chi connectivity index (χ0) is 16.2. The van der Waals surface area contributed by atoms with Crippen molar-refractivity contribution < 1.29 is 4.79 Å². The summed E-state index contributed by atoms with van der Waals surface area (Å²) < 4.78 is 0. The number of aromatic nitrogens is 1. The van der Waals surface area contributed by atoms with E-state index in [-0.39, 0.29) is 12.1 Å². The number of carbonyl (C=O) groups is 1. The van der Waals surface area contributed by atoms with Gasteiger partial charge in [0.05, 0.1) is 23.3 Å². The molecule has 3 rings (SSSR count). The number of carbonyl (C=O) groups excluding carboxylic acids is 1. The van der Waals surface area contributed by atoms with Gasteiger partial charge in [-0.25, -0.2) is 9.78 Å². The number of aryl methyl sites for hydroxylation is 1. The molecule has 1 aliphatic rings. The SMILES string of the molecule is Cc1nc(CNC(=O)N2CCN(C)C[C@@H]2c2ccccc2)cs1. The third-order valence-electron chi connectivity index (χ3n) is 4.12. The first-order chi connectivity index (χ1) is 11.1. The van der Waals surface area contributed by atoms with Crippen LogP contribution in [0, 0.1) is 6.92 Å². The minimum Gasteiger partial charge on any atom is -0.332 e. The highest BCUT2D eigenvalue weighted by Gasteiger charge is 2.30. The van der Waals surface area contributed by atoms with Crippen LogP contribution >= 0.6 is 11.3 Å². The maximum atomic E-state index is 12.6. The topological polar surface area (TPSA) is 48.5 Å². The van der Waals surface area contributed by atoms with Gasteiger partial charge in [0.25, 0.3) is 0 Å². The molecule has 0 bridgehead atoms. The quantitative estimate of drug-likeness (QED) is 0.941. The van der Waals surface area contributed by atoms with Crippen LogP contribution in [0.2, 0.25) is 0 Å². The maximum absolute atomic E-state index is 12.6. The second-order valence-electron chi connectivity index (χ2n) is 5.90. The van der Waals surface area contributed by atoms with Gasteiger partial charge in [0, 0.05) is 25.0 Å². The molecule has 0 spiro atoms. The van der Waals surface area contributed by atoms with E-state index in [4.69, 9.17) is 0 Å². The van der Waals surface area contributed by atoms with E-state index in [0.717, 1.165) is 30.3 Å². The molecule has 0 saturated carbocycles. The van der Waals surface area contributed by atoms with Crippen molar-refractivity contribution >= 4 is 17.4 Å². The Morgan fingerprint density at radius 1 is 1.35 bits per heavy atom. The van der Waals surface area contributed by atoms with E-state index in [1.807, 2.05) is 35.4 Å². The Morgan fingerprint density at radius 3 is 2.83 bits per heavy atom. The summed E-state index contributed by atoms with van der Waals surface area (Å²) in [6, 6.07) is 10.3. The van der Waals surface area contributed by atoms with E-state index in [9.17, 15) is 4.79 Å². The number of amides is 2. The molecule has 0 unspecified atom stereocenters. The van der Waals surface area contributed by atoms with E-state index >= 15 is 0 Å². The Bertz CT molecular complexity index is 658. The predicted molar refractivity (Wildman–Crippen MR) is 92.5 cm³/mol. The normalized spacial score (nSPS) is 18.9. The largest absolute Gasteiger partial charge is 0.332 e. The summed E-state index contributed by atoms with van der Waals surface area (Å²) in [5.41, 5.74) is 2.10. The minimum atomic E-state index is -0.0161. The van der Waals surface area contributed by atoms with Gasteiger partial charge in [-0.3, -0.25) is 0 Å². The van der Waals surface area contributed by atoms with Crippen molar-refractivity contribution in [3.05, 3.63) is 52.0 Å². The van der Waals surface area contributed by atoms with Gasteiger partial charge in [0.1, 0.15) is 0 Å². The molecule has 0 radical (unpaired) electrons. The van der Waals surface area contributed by atoms with Gasteiger partial charge in [-0.2, -0.15) is 0 Å². The molecule has 1 aromatic carbocycles. The highest BCUT2D eigenvalue weighted by molar-refractivity contribution is 7.09. The van der Waals surface area contributed by atoms with Gasteiger partial charge in [0.15, 0.2) is 0 Å². The van der Waals surface area contributed by atoms with Crippen molar-refractivity contribution in [1.29, 1.82) is 0 Å². The number of nitrogens with one attached hydrogen (secondary N) is 1. The Balaban J connectivity index is 1.69. The van der Waals surface area contributed by atoms with Crippen LogP contribution in [-0.2, 0) is 6.54 Å². The fourth-order valence-corrected chi connectivity index (χ4v) is 3.49. The van der Waals surface area contributed by atoms with Crippen molar-refractivity contribution in [1.82, 2.24) is 20.1 Å². The number of hydrogen-bond acceptors (Lipinski definition) is 4. The summed E-state index contributed by atoms with van der Waals surface area (Å²) in [4.78, 5) is 21.2. The number of hydrogen-bond donors (Lipinski definition) is 1. The van der Waals surface area contributed by atoms with Gasteiger partial charge in [-0.15, -0.1) is 11.3 Å². The van der Waals surface area contributed by atoms with Crippen molar-refractivity contribution in [3.8, 4) is 0 Å². The number of thiazole rings is 1. The molecule has 0 aliphatic carbocycles. The molecule has 2 aromatic rings. The second kappa shape index (κ2) is 7.10. The highest BCUT2D eigenvalue weighted by Crippen LogP contribution is 2.24. The molecule has 2 amide bonds. The highest BCUT2D eigenvalue weighted by atomic mass is 32.1. The molecule has 1 aliphatic heterocycles. The first-order valence-corrected chi connectivity index (χ1v) is 8.70. The lowest BCUT2D eigenvalue weighted by Gasteiger charge is -2.40. The molecule has 5 nitrogen and oxygen atoms in total. The number of urea groups is 1. The molecule has 6 heteroatoms. The Morgan fingerprint density at radius 2 is 2.13 bits per heavy atom. The summed E-state index contributed by atoms with van der Waals surface area (Å²) in [6.45, 7) is 4.94. The monoisotopic (exact) mass is 330 g/mol. The first-order valence-electron chi connectivity index (χ1n) is 7.82. The zero-order valence-corrected chi connectivity index (χ0v) is 14.3. The van der Waals surface area contributed by atoms with Crippen LogP contribution in [0.1, 0.15) is 22.3 Å². The number of piperazine rings is 1. The van der Waals surface area contributed by atoms with Crippen LogP contribution in [0.4, 0.5) is 4.79 Å². The molecule has 1 atom stereocenters. The van der Waals surface area contributed by atoms with Crippen molar-refractivity contribution in [2.75, 3.05) is 26.7 Å². The summed E-state index contributed by atoms with van der Waals surface area (Å²) in [7, 11) is 2.10. The van der Waals surface area contributed by atoms with Crippen LogP contribution in [-0.4, -0.2) is 47.5 Å². The van der Waals surface area contributed by atoms with E-state index < -0.39 is 0 Å². The van der Waals surface area contributed by atoms with Crippen LogP contribution < -0.4 is 5.32 Å². The fourth-order valence-electron chi connectivity index (χ4n) is 2.88. The van der Waals surface area contributed by atoms with Crippen LogP contribution in [0.25, 0.3) is 0 Å². The first kappa shape index (κ1) is 16.0. The summed E-state index contributed by atoms with van der Waals surface area (Å²) in [6.07, 6.45) is 0. The lowest BCUT2D eigenvalue weighted by Crippen LogP contribution is -2.52. The lowest BCUT2D eigenvalue weighted by molar-refractivity contribution is 0.108.